The van der Waals surface area contributed by atoms with Crippen molar-refractivity contribution in [2.45, 2.75) is 25.8 Å². The smallest absolute Gasteiger partial charge is 0.338 e. The van der Waals surface area contributed by atoms with Crippen LogP contribution in [-0.2, 0) is 9.53 Å². The summed E-state index contributed by atoms with van der Waals surface area (Å²) >= 11 is 0. The van der Waals surface area contributed by atoms with Crippen LogP contribution < -0.4 is 5.32 Å². The highest BCUT2D eigenvalue weighted by Gasteiger charge is 2.22. The van der Waals surface area contributed by atoms with Gasteiger partial charge in [-0.25, -0.2) is 9.78 Å². The molecule has 1 aromatic heterocycles. The van der Waals surface area contributed by atoms with Crippen LogP contribution in [0.5, 0.6) is 0 Å². The van der Waals surface area contributed by atoms with E-state index in [2.05, 4.69) is 15.0 Å². The van der Waals surface area contributed by atoms with Crippen LogP contribution in [0.3, 0.4) is 0 Å². The topological polar surface area (TPSA) is 88.5 Å². The van der Waals surface area contributed by atoms with E-state index in [9.17, 15) is 9.59 Å². The molecule has 0 fully saturated rings. The van der Waals surface area contributed by atoms with Gasteiger partial charge >= 0.3 is 11.9 Å². The minimum absolute atomic E-state index is 0.0584. The van der Waals surface area contributed by atoms with Crippen LogP contribution in [0.4, 0.5) is 5.82 Å². The lowest BCUT2D eigenvalue weighted by molar-refractivity contribution is -0.137. The number of aliphatic carboxylic acids is 1. The molecule has 0 unspecified atom stereocenters. The number of carbonyl (C=O) groups is 2. The molecule has 0 aliphatic rings. The first-order valence-corrected chi connectivity index (χ1v) is 5.38. The highest BCUT2D eigenvalue weighted by Crippen LogP contribution is 2.17. The maximum atomic E-state index is 11.3. The molecule has 0 aliphatic carbocycles. The van der Waals surface area contributed by atoms with Crippen LogP contribution >= 0.6 is 0 Å². The summed E-state index contributed by atoms with van der Waals surface area (Å²) in [5.41, 5.74) is -0.297. The second-order valence-electron chi connectivity index (χ2n) is 4.50. The maximum absolute atomic E-state index is 11.3. The summed E-state index contributed by atoms with van der Waals surface area (Å²) in [5.74, 6) is -0.933. The van der Waals surface area contributed by atoms with Crippen molar-refractivity contribution in [1.82, 2.24) is 4.98 Å². The molecule has 0 aromatic carbocycles. The van der Waals surface area contributed by atoms with Crippen LogP contribution in [-0.4, -0.2) is 34.7 Å². The average molecular weight is 252 g/mol. The van der Waals surface area contributed by atoms with E-state index in [4.69, 9.17) is 5.11 Å². The summed E-state index contributed by atoms with van der Waals surface area (Å²) in [5, 5.41) is 11.7. The van der Waals surface area contributed by atoms with Crippen molar-refractivity contribution in [2.75, 3.05) is 12.4 Å². The number of rotatable bonds is 5. The summed E-state index contributed by atoms with van der Waals surface area (Å²) in [6.07, 6.45) is 1.41. The number of anilines is 1. The monoisotopic (exact) mass is 252 g/mol. The number of carbonyl (C=O) groups excluding carboxylic acids is 1. The van der Waals surface area contributed by atoms with Gasteiger partial charge in [0.15, 0.2) is 0 Å². The second-order valence-corrected chi connectivity index (χ2v) is 4.50. The Balaban J connectivity index is 2.85. The number of esters is 1. The number of aromatic nitrogens is 1. The maximum Gasteiger partial charge on any atom is 0.338 e. The number of methoxy groups -OCH3 is 1. The van der Waals surface area contributed by atoms with Crippen molar-refractivity contribution < 1.29 is 19.4 Å². The van der Waals surface area contributed by atoms with Gasteiger partial charge in [-0.15, -0.1) is 0 Å². The molecule has 18 heavy (non-hydrogen) atoms. The molecule has 0 radical (unpaired) electrons. The number of carboxylic acids is 1. The molecule has 1 aromatic rings. The SMILES string of the molecule is COC(=O)c1ccnc(NC(C)(C)CC(=O)O)c1. The molecule has 1 heterocycles. The van der Waals surface area contributed by atoms with Crippen molar-refractivity contribution in [1.29, 1.82) is 0 Å². The first-order chi connectivity index (χ1) is 8.34. The molecule has 0 saturated heterocycles. The first-order valence-electron chi connectivity index (χ1n) is 5.38. The van der Waals surface area contributed by atoms with Crippen LogP contribution in [0.1, 0.15) is 30.6 Å². The van der Waals surface area contributed by atoms with Gasteiger partial charge < -0.3 is 15.2 Å². The highest BCUT2D eigenvalue weighted by atomic mass is 16.5. The molecule has 0 bridgehead atoms. The first kappa shape index (κ1) is 14.0. The predicted octanol–water partition coefficient (Wildman–Crippen LogP) is 1.53. The molecular formula is C12H16N2O4. The number of hydrogen-bond donors (Lipinski definition) is 2. The molecule has 0 amide bonds. The Morgan fingerprint density at radius 1 is 1.50 bits per heavy atom. The zero-order chi connectivity index (χ0) is 13.8. The van der Waals surface area contributed by atoms with Crippen molar-refractivity contribution in [3.05, 3.63) is 23.9 Å². The third-order valence-corrected chi connectivity index (χ3v) is 2.24. The normalized spacial score (nSPS) is 10.8. The third-order valence-electron chi connectivity index (χ3n) is 2.24. The number of hydrogen-bond acceptors (Lipinski definition) is 5. The number of nitrogens with one attached hydrogen (secondary N) is 1. The van der Waals surface area contributed by atoms with Gasteiger partial charge in [0.2, 0.25) is 0 Å². The van der Waals surface area contributed by atoms with Crippen molar-refractivity contribution in [3.63, 3.8) is 0 Å². The molecule has 2 N–H and O–H groups in total. The van der Waals surface area contributed by atoms with Gasteiger partial charge in [0.1, 0.15) is 5.82 Å². The van der Waals surface area contributed by atoms with E-state index in [1.165, 1.54) is 25.4 Å². The summed E-state index contributed by atoms with van der Waals surface area (Å²) in [6, 6.07) is 3.05. The van der Waals surface area contributed by atoms with Gasteiger partial charge in [0, 0.05) is 11.7 Å². The van der Waals surface area contributed by atoms with Crippen LogP contribution in [0, 0.1) is 0 Å². The predicted molar refractivity (Wildman–Crippen MR) is 65.5 cm³/mol. The van der Waals surface area contributed by atoms with Gasteiger partial charge in [0.25, 0.3) is 0 Å². The van der Waals surface area contributed by atoms with Gasteiger partial charge in [-0.2, -0.15) is 0 Å². The molecule has 1 rings (SSSR count). The zero-order valence-corrected chi connectivity index (χ0v) is 10.6. The van der Waals surface area contributed by atoms with Crippen LogP contribution in [0.15, 0.2) is 18.3 Å². The Kier molecular flexibility index (Phi) is 4.25. The van der Waals surface area contributed by atoms with Gasteiger partial charge in [-0.3, -0.25) is 4.79 Å². The molecule has 0 spiro atoms. The molecule has 0 aliphatic heterocycles. The lowest BCUT2D eigenvalue weighted by Gasteiger charge is -2.24. The summed E-state index contributed by atoms with van der Waals surface area (Å²) < 4.78 is 4.60. The third kappa shape index (κ3) is 4.04. The fourth-order valence-corrected chi connectivity index (χ4v) is 1.51. The van der Waals surface area contributed by atoms with E-state index in [0.29, 0.717) is 11.4 Å². The van der Waals surface area contributed by atoms with Gasteiger partial charge in [0.05, 0.1) is 19.1 Å². The van der Waals surface area contributed by atoms with Crippen LogP contribution in [0.25, 0.3) is 0 Å². The molecule has 0 atom stereocenters. The summed E-state index contributed by atoms with van der Waals surface area (Å²) in [7, 11) is 1.30. The number of nitrogens with zero attached hydrogens (tertiary/aromatic N) is 1. The van der Waals surface area contributed by atoms with Gasteiger partial charge in [-0.1, -0.05) is 0 Å². The minimum atomic E-state index is -0.906. The van der Waals surface area contributed by atoms with E-state index < -0.39 is 17.5 Å². The summed E-state index contributed by atoms with van der Waals surface area (Å²) in [6.45, 7) is 3.49. The Morgan fingerprint density at radius 3 is 2.72 bits per heavy atom. The summed E-state index contributed by atoms with van der Waals surface area (Å²) in [4.78, 5) is 26.1. The van der Waals surface area contributed by atoms with Crippen molar-refractivity contribution in [3.8, 4) is 0 Å². The number of carboxylic acid groups (broad SMARTS) is 1. The van der Waals surface area contributed by atoms with Crippen molar-refractivity contribution in [2.24, 2.45) is 0 Å². The van der Waals surface area contributed by atoms with E-state index in [-0.39, 0.29) is 6.42 Å². The number of pyridine rings is 1. The van der Waals surface area contributed by atoms with E-state index in [0.717, 1.165) is 0 Å². The van der Waals surface area contributed by atoms with E-state index in [1.54, 1.807) is 13.8 Å². The lowest BCUT2D eigenvalue weighted by Crippen LogP contribution is -2.34. The lowest BCUT2D eigenvalue weighted by atomic mass is 10.0. The van der Waals surface area contributed by atoms with Crippen molar-refractivity contribution >= 4 is 17.8 Å². The van der Waals surface area contributed by atoms with E-state index >= 15 is 0 Å². The van der Waals surface area contributed by atoms with Crippen LogP contribution in [0.2, 0.25) is 0 Å². The molecule has 6 nitrogen and oxygen atoms in total. The highest BCUT2D eigenvalue weighted by molar-refractivity contribution is 5.90. The average Bonchev–Trinajstić information content (AvgIpc) is 2.25. The Labute approximate surface area is 105 Å². The zero-order valence-electron chi connectivity index (χ0n) is 10.6. The molecule has 0 saturated carbocycles. The Hall–Kier alpha value is -2.11. The Bertz CT molecular complexity index is 457. The Morgan fingerprint density at radius 2 is 2.17 bits per heavy atom. The molecule has 6 heteroatoms. The molecular weight excluding hydrogens is 236 g/mol. The standard InChI is InChI=1S/C12H16N2O4/c1-12(2,7-10(15)16)14-9-6-8(4-5-13-9)11(17)18-3/h4-6H,7H2,1-3H3,(H,13,14)(H,15,16). The molecule has 98 valence electrons. The van der Waals surface area contributed by atoms with E-state index in [1.807, 2.05) is 0 Å². The minimum Gasteiger partial charge on any atom is -0.481 e. The quantitative estimate of drug-likeness (QED) is 0.773. The number of ether oxygens (including phenoxy) is 1. The van der Waals surface area contributed by atoms with Gasteiger partial charge in [-0.05, 0) is 26.0 Å². The fraction of sp³-hybridized carbons (Fsp3) is 0.417. The second kappa shape index (κ2) is 5.48. The fourth-order valence-electron chi connectivity index (χ4n) is 1.51. The largest absolute Gasteiger partial charge is 0.481 e.